The van der Waals surface area contributed by atoms with Crippen LogP contribution in [-0.4, -0.2) is 49.1 Å². The third-order valence-corrected chi connectivity index (χ3v) is 5.28. The van der Waals surface area contributed by atoms with Crippen molar-refractivity contribution >= 4 is 17.5 Å². The molecule has 0 aliphatic carbocycles. The van der Waals surface area contributed by atoms with Crippen LogP contribution in [0.5, 0.6) is 0 Å². The number of hydrogen-bond donors (Lipinski definition) is 2. The number of rotatable bonds is 7. The minimum Gasteiger partial charge on any atom is -0.379 e. The molecule has 2 aromatic carbocycles. The smallest absolute Gasteiger partial charge is 0.251 e. The third kappa shape index (κ3) is 6.15. The van der Waals surface area contributed by atoms with Crippen LogP contribution in [0.25, 0.3) is 0 Å². The summed E-state index contributed by atoms with van der Waals surface area (Å²) < 4.78 is 5.38. The summed E-state index contributed by atoms with van der Waals surface area (Å²) >= 11 is 0. The second-order valence-electron chi connectivity index (χ2n) is 8.14. The number of carbonyl (C=O) groups is 2. The molecule has 1 fully saturated rings. The predicted molar refractivity (Wildman–Crippen MR) is 118 cm³/mol. The summed E-state index contributed by atoms with van der Waals surface area (Å²) in [6.45, 7) is 10.1. The highest BCUT2D eigenvalue weighted by atomic mass is 16.5. The number of carbonyl (C=O) groups excluding carboxylic acids is 2. The van der Waals surface area contributed by atoms with Crippen molar-refractivity contribution in [3.05, 3.63) is 65.2 Å². The van der Waals surface area contributed by atoms with Gasteiger partial charge in [-0.2, -0.15) is 0 Å². The van der Waals surface area contributed by atoms with Gasteiger partial charge in [0.1, 0.15) is 6.04 Å². The summed E-state index contributed by atoms with van der Waals surface area (Å²) in [5.41, 5.74) is 3.55. The van der Waals surface area contributed by atoms with Crippen LogP contribution in [-0.2, 0) is 16.1 Å². The molecule has 0 aromatic heterocycles. The number of nitrogens with one attached hydrogen (secondary N) is 2. The van der Waals surface area contributed by atoms with E-state index in [1.807, 2.05) is 57.2 Å². The van der Waals surface area contributed by atoms with E-state index in [1.54, 1.807) is 12.1 Å². The van der Waals surface area contributed by atoms with Gasteiger partial charge in [0.05, 0.1) is 13.2 Å². The van der Waals surface area contributed by atoms with Gasteiger partial charge in [0, 0.05) is 30.9 Å². The lowest BCUT2D eigenvalue weighted by Gasteiger charge is -2.26. The standard InChI is InChI=1S/C24H31N3O3/c1-17(2)22(26-23(28)20-8-4-18(3)5-9-20)24(29)25-21-10-6-19(7-11-21)16-27-12-14-30-15-13-27/h4-11,17,22H,12-16H2,1-3H3,(H,25,29)(H,26,28). The van der Waals surface area contributed by atoms with Gasteiger partial charge in [-0.15, -0.1) is 0 Å². The summed E-state index contributed by atoms with van der Waals surface area (Å²) in [4.78, 5) is 27.7. The fourth-order valence-corrected chi connectivity index (χ4v) is 3.40. The van der Waals surface area contributed by atoms with Gasteiger partial charge in [0.15, 0.2) is 0 Å². The van der Waals surface area contributed by atoms with Crippen LogP contribution < -0.4 is 10.6 Å². The minimum atomic E-state index is -0.619. The summed E-state index contributed by atoms with van der Waals surface area (Å²) in [5, 5.41) is 5.80. The maximum Gasteiger partial charge on any atom is 0.251 e. The molecule has 30 heavy (non-hydrogen) atoms. The molecule has 2 amide bonds. The lowest BCUT2D eigenvalue weighted by atomic mass is 10.0. The van der Waals surface area contributed by atoms with Gasteiger partial charge in [-0.3, -0.25) is 14.5 Å². The van der Waals surface area contributed by atoms with E-state index in [0.29, 0.717) is 5.56 Å². The van der Waals surface area contributed by atoms with E-state index in [2.05, 4.69) is 15.5 Å². The first-order valence-electron chi connectivity index (χ1n) is 10.5. The van der Waals surface area contributed by atoms with Crippen molar-refractivity contribution in [2.75, 3.05) is 31.6 Å². The van der Waals surface area contributed by atoms with Crippen molar-refractivity contribution in [3.8, 4) is 0 Å². The van der Waals surface area contributed by atoms with Crippen LogP contribution in [0.4, 0.5) is 5.69 Å². The van der Waals surface area contributed by atoms with Gasteiger partial charge in [-0.05, 0) is 42.7 Å². The monoisotopic (exact) mass is 409 g/mol. The second kappa shape index (κ2) is 10.4. The third-order valence-electron chi connectivity index (χ3n) is 5.28. The SMILES string of the molecule is Cc1ccc(C(=O)NC(C(=O)Nc2ccc(CN3CCOCC3)cc2)C(C)C)cc1. The number of hydrogen-bond acceptors (Lipinski definition) is 4. The molecule has 6 heteroatoms. The van der Waals surface area contributed by atoms with Crippen molar-refractivity contribution in [1.29, 1.82) is 0 Å². The molecule has 0 bridgehead atoms. The molecule has 0 radical (unpaired) electrons. The van der Waals surface area contributed by atoms with E-state index < -0.39 is 6.04 Å². The van der Waals surface area contributed by atoms with Gasteiger partial charge in [-0.25, -0.2) is 0 Å². The van der Waals surface area contributed by atoms with Crippen molar-refractivity contribution in [2.45, 2.75) is 33.4 Å². The molecule has 6 nitrogen and oxygen atoms in total. The molecule has 3 rings (SSSR count). The highest BCUT2D eigenvalue weighted by molar-refractivity contribution is 6.01. The van der Waals surface area contributed by atoms with Crippen LogP contribution in [0.2, 0.25) is 0 Å². The zero-order chi connectivity index (χ0) is 21.5. The van der Waals surface area contributed by atoms with Crippen LogP contribution in [0.1, 0.15) is 35.3 Å². The summed E-state index contributed by atoms with van der Waals surface area (Å²) in [5.74, 6) is -0.504. The Hall–Kier alpha value is -2.70. The van der Waals surface area contributed by atoms with Crippen LogP contribution >= 0.6 is 0 Å². The molecule has 0 spiro atoms. The van der Waals surface area contributed by atoms with E-state index in [-0.39, 0.29) is 17.7 Å². The Balaban J connectivity index is 1.58. The molecule has 1 atom stereocenters. The molecular formula is C24H31N3O3. The van der Waals surface area contributed by atoms with Crippen molar-refractivity contribution in [1.82, 2.24) is 10.2 Å². The summed E-state index contributed by atoms with van der Waals surface area (Å²) in [6.07, 6.45) is 0. The molecule has 1 aliphatic rings. The number of ether oxygens (including phenoxy) is 1. The van der Waals surface area contributed by atoms with Crippen molar-refractivity contribution in [3.63, 3.8) is 0 Å². The predicted octanol–water partition coefficient (Wildman–Crippen LogP) is 3.22. The molecule has 2 aromatic rings. The Morgan fingerprint density at radius 2 is 1.63 bits per heavy atom. The fraction of sp³-hybridized carbons (Fsp3) is 0.417. The normalized spacial score (nSPS) is 15.6. The fourth-order valence-electron chi connectivity index (χ4n) is 3.40. The maximum atomic E-state index is 12.8. The molecular weight excluding hydrogens is 378 g/mol. The van der Waals surface area contributed by atoms with Crippen LogP contribution in [0, 0.1) is 12.8 Å². The number of amides is 2. The van der Waals surface area contributed by atoms with Gasteiger partial charge in [0.25, 0.3) is 5.91 Å². The Labute approximate surface area is 178 Å². The van der Waals surface area contributed by atoms with Gasteiger partial charge >= 0.3 is 0 Å². The first-order chi connectivity index (χ1) is 14.4. The average Bonchev–Trinajstić information content (AvgIpc) is 2.74. The maximum absolute atomic E-state index is 12.8. The largest absolute Gasteiger partial charge is 0.379 e. The molecule has 1 aliphatic heterocycles. The van der Waals surface area contributed by atoms with Crippen molar-refractivity contribution in [2.24, 2.45) is 5.92 Å². The quantitative estimate of drug-likeness (QED) is 0.737. The molecule has 1 heterocycles. The van der Waals surface area contributed by atoms with E-state index in [9.17, 15) is 9.59 Å². The highest BCUT2D eigenvalue weighted by Gasteiger charge is 2.25. The zero-order valence-corrected chi connectivity index (χ0v) is 18.0. The Bertz CT molecular complexity index is 841. The van der Waals surface area contributed by atoms with Crippen molar-refractivity contribution < 1.29 is 14.3 Å². The first-order valence-corrected chi connectivity index (χ1v) is 10.5. The van der Waals surface area contributed by atoms with Crippen LogP contribution in [0.15, 0.2) is 48.5 Å². The number of aryl methyl sites for hydroxylation is 1. The van der Waals surface area contributed by atoms with E-state index >= 15 is 0 Å². The minimum absolute atomic E-state index is 0.0417. The molecule has 160 valence electrons. The average molecular weight is 410 g/mol. The lowest BCUT2D eigenvalue weighted by Crippen LogP contribution is -2.47. The topological polar surface area (TPSA) is 70.7 Å². The molecule has 0 saturated carbocycles. The lowest BCUT2D eigenvalue weighted by molar-refractivity contribution is -0.118. The molecule has 1 unspecified atom stereocenters. The zero-order valence-electron chi connectivity index (χ0n) is 18.0. The Kier molecular flexibility index (Phi) is 7.60. The number of nitrogens with zero attached hydrogens (tertiary/aromatic N) is 1. The van der Waals surface area contributed by atoms with E-state index in [4.69, 9.17) is 4.74 Å². The second-order valence-corrected chi connectivity index (χ2v) is 8.14. The number of anilines is 1. The number of benzene rings is 2. The Morgan fingerprint density at radius 1 is 1.00 bits per heavy atom. The summed E-state index contributed by atoms with van der Waals surface area (Å²) in [6, 6.07) is 14.6. The molecule has 2 N–H and O–H groups in total. The van der Waals surface area contributed by atoms with E-state index in [0.717, 1.165) is 44.1 Å². The van der Waals surface area contributed by atoms with E-state index in [1.165, 1.54) is 5.56 Å². The van der Waals surface area contributed by atoms with Gasteiger partial charge in [0.2, 0.25) is 5.91 Å². The molecule has 1 saturated heterocycles. The highest BCUT2D eigenvalue weighted by Crippen LogP contribution is 2.14. The Morgan fingerprint density at radius 3 is 2.23 bits per heavy atom. The first kappa shape index (κ1) is 22.0. The van der Waals surface area contributed by atoms with Crippen LogP contribution in [0.3, 0.4) is 0 Å². The number of morpholine rings is 1. The van der Waals surface area contributed by atoms with Gasteiger partial charge < -0.3 is 15.4 Å². The van der Waals surface area contributed by atoms with Gasteiger partial charge in [-0.1, -0.05) is 43.7 Å². The summed E-state index contributed by atoms with van der Waals surface area (Å²) in [7, 11) is 0.